The maximum absolute atomic E-state index is 8.96. The Labute approximate surface area is 130 Å². The topological polar surface area (TPSA) is 45.0 Å². The second-order valence-electron chi connectivity index (χ2n) is 5.48. The second kappa shape index (κ2) is 8.28. The highest BCUT2D eigenvalue weighted by atomic mass is 79.9. The molecule has 0 aromatic heterocycles. The molecule has 0 atom stereocenters. The van der Waals surface area contributed by atoms with Crippen LogP contribution in [0.5, 0.6) is 5.75 Å². The van der Waals surface area contributed by atoms with Crippen molar-refractivity contribution in [1.82, 2.24) is 5.32 Å². The summed E-state index contributed by atoms with van der Waals surface area (Å²) in [6, 6.07) is 8.35. The normalized spacial score (nSPS) is 11.2. The predicted octanol–water partition coefficient (Wildman–Crippen LogP) is 4.27. The minimum atomic E-state index is -0.265. The Morgan fingerprint density at radius 3 is 2.80 bits per heavy atom. The fraction of sp³-hybridized carbons (Fsp3) is 0.562. The van der Waals surface area contributed by atoms with Crippen LogP contribution in [-0.2, 0) is 6.54 Å². The van der Waals surface area contributed by atoms with Crippen molar-refractivity contribution in [2.45, 2.75) is 40.2 Å². The van der Waals surface area contributed by atoms with Crippen LogP contribution in [0.3, 0.4) is 0 Å². The summed E-state index contributed by atoms with van der Waals surface area (Å²) >= 11 is 3.55. The van der Waals surface area contributed by atoms with Crippen molar-refractivity contribution in [2.75, 3.05) is 13.2 Å². The van der Waals surface area contributed by atoms with Crippen molar-refractivity contribution in [3.05, 3.63) is 28.2 Å². The lowest BCUT2D eigenvalue weighted by atomic mass is 9.90. The smallest absolute Gasteiger partial charge is 0.119 e. The van der Waals surface area contributed by atoms with Crippen LogP contribution in [0.2, 0.25) is 0 Å². The molecule has 110 valence electrons. The number of hydrogen-bond donors (Lipinski definition) is 1. The zero-order valence-electron chi connectivity index (χ0n) is 12.5. The van der Waals surface area contributed by atoms with Crippen LogP contribution >= 0.6 is 15.9 Å². The van der Waals surface area contributed by atoms with Crippen LogP contribution < -0.4 is 10.1 Å². The first-order valence-electron chi connectivity index (χ1n) is 7.01. The summed E-state index contributed by atoms with van der Waals surface area (Å²) in [4.78, 5) is 0. The molecule has 3 nitrogen and oxygen atoms in total. The highest BCUT2D eigenvalue weighted by molar-refractivity contribution is 9.10. The van der Waals surface area contributed by atoms with Crippen molar-refractivity contribution in [2.24, 2.45) is 5.41 Å². The summed E-state index contributed by atoms with van der Waals surface area (Å²) in [5, 5.41) is 12.3. The molecule has 0 amide bonds. The molecule has 0 fully saturated rings. The van der Waals surface area contributed by atoms with Gasteiger partial charge in [0.2, 0.25) is 0 Å². The quantitative estimate of drug-likeness (QED) is 0.720. The lowest BCUT2D eigenvalue weighted by molar-refractivity contribution is 0.284. The highest BCUT2D eigenvalue weighted by Crippen LogP contribution is 2.24. The van der Waals surface area contributed by atoms with Crippen molar-refractivity contribution in [1.29, 1.82) is 5.26 Å². The molecular weight excluding hydrogens is 316 g/mol. The van der Waals surface area contributed by atoms with Crippen LogP contribution in [0.25, 0.3) is 0 Å². The highest BCUT2D eigenvalue weighted by Gasteiger charge is 2.15. The Kier molecular flexibility index (Phi) is 7.04. The van der Waals surface area contributed by atoms with E-state index in [9.17, 15) is 0 Å². The van der Waals surface area contributed by atoms with Crippen LogP contribution in [-0.4, -0.2) is 13.2 Å². The number of benzene rings is 1. The summed E-state index contributed by atoms with van der Waals surface area (Å²) < 4.78 is 6.86. The molecule has 0 saturated heterocycles. The van der Waals surface area contributed by atoms with Crippen LogP contribution in [0.1, 0.15) is 39.2 Å². The zero-order chi connectivity index (χ0) is 15.0. The zero-order valence-corrected chi connectivity index (χ0v) is 14.1. The van der Waals surface area contributed by atoms with Gasteiger partial charge in [0.05, 0.1) is 18.1 Å². The third-order valence-corrected chi connectivity index (χ3v) is 3.87. The first-order chi connectivity index (χ1) is 9.48. The second-order valence-corrected chi connectivity index (χ2v) is 6.34. The molecule has 0 aliphatic carbocycles. The molecule has 0 spiro atoms. The Morgan fingerprint density at radius 1 is 1.40 bits per heavy atom. The molecule has 0 radical (unpaired) electrons. The third-order valence-electron chi connectivity index (χ3n) is 3.10. The average molecular weight is 339 g/mol. The van der Waals surface area contributed by atoms with Gasteiger partial charge in [0.1, 0.15) is 5.75 Å². The molecule has 1 rings (SSSR count). The van der Waals surface area contributed by atoms with Crippen molar-refractivity contribution < 1.29 is 4.74 Å². The van der Waals surface area contributed by atoms with E-state index in [2.05, 4.69) is 40.3 Å². The average Bonchev–Trinajstić information content (AvgIpc) is 2.43. The van der Waals surface area contributed by atoms with Crippen molar-refractivity contribution in [3.63, 3.8) is 0 Å². The van der Waals surface area contributed by atoms with E-state index in [0.717, 1.165) is 36.2 Å². The van der Waals surface area contributed by atoms with Crippen molar-refractivity contribution in [3.8, 4) is 11.8 Å². The molecule has 20 heavy (non-hydrogen) atoms. The van der Waals surface area contributed by atoms with E-state index in [1.807, 2.05) is 26.0 Å². The van der Waals surface area contributed by atoms with Crippen molar-refractivity contribution >= 4 is 15.9 Å². The van der Waals surface area contributed by atoms with Gasteiger partial charge < -0.3 is 10.1 Å². The Bertz CT molecular complexity index is 466. The van der Waals surface area contributed by atoms with E-state index in [-0.39, 0.29) is 5.41 Å². The van der Waals surface area contributed by atoms with E-state index in [0.29, 0.717) is 6.61 Å². The molecule has 4 heteroatoms. The minimum absolute atomic E-state index is 0.265. The molecule has 0 unspecified atom stereocenters. The largest absolute Gasteiger partial charge is 0.494 e. The standard InChI is InChI=1S/C16H23BrN2O/c1-4-19-11-13-10-14(6-7-15(13)17)20-9-5-8-16(2,3)12-18/h6-7,10,19H,4-5,8-9,11H2,1-3H3. The lowest BCUT2D eigenvalue weighted by Crippen LogP contribution is -2.12. The van der Waals surface area contributed by atoms with Crippen LogP contribution in [0, 0.1) is 16.7 Å². The minimum Gasteiger partial charge on any atom is -0.494 e. The molecule has 0 saturated carbocycles. The van der Waals surface area contributed by atoms with Gasteiger partial charge in [-0.2, -0.15) is 5.26 Å². The van der Waals surface area contributed by atoms with Gasteiger partial charge in [-0.25, -0.2) is 0 Å². The number of nitriles is 1. The van der Waals surface area contributed by atoms with Gasteiger partial charge in [-0.3, -0.25) is 0 Å². The summed E-state index contributed by atoms with van der Waals surface area (Å²) in [6.07, 6.45) is 1.74. The molecular formula is C16H23BrN2O. The number of rotatable bonds is 8. The maximum Gasteiger partial charge on any atom is 0.119 e. The van der Waals surface area contributed by atoms with Crippen LogP contribution in [0.15, 0.2) is 22.7 Å². The predicted molar refractivity (Wildman–Crippen MR) is 85.6 cm³/mol. The number of nitrogens with zero attached hydrogens (tertiary/aromatic N) is 1. The number of ether oxygens (including phenoxy) is 1. The fourth-order valence-corrected chi connectivity index (χ4v) is 2.18. The molecule has 0 aliphatic heterocycles. The third kappa shape index (κ3) is 5.94. The Morgan fingerprint density at radius 2 is 2.15 bits per heavy atom. The van der Waals surface area contributed by atoms with E-state index < -0.39 is 0 Å². The fourth-order valence-electron chi connectivity index (χ4n) is 1.80. The number of halogens is 1. The number of nitrogens with one attached hydrogen (secondary N) is 1. The molecule has 0 bridgehead atoms. The van der Waals surface area contributed by atoms with Gasteiger partial charge in [0, 0.05) is 11.0 Å². The first-order valence-corrected chi connectivity index (χ1v) is 7.81. The Hall–Kier alpha value is -1.05. The maximum atomic E-state index is 8.96. The summed E-state index contributed by atoms with van der Waals surface area (Å²) in [6.45, 7) is 8.43. The molecule has 1 aromatic carbocycles. The van der Waals surface area contributed by atoms with Gasteiger partial charge in [0.25, 0.3) is 0 Å². The van der Waals surface area contributed by atoms with E-state index in [1.165, 1.54) is 5.56 Å². The van der Waals surface area contributed by atoms with Gasteiger partial charge >= 0.3 is 0 Å². The summed E-state index contributed by atoms with van der Waals surface area (Å²) in [5.41, 5.74) is 0.931. The van der Waals surface area contributed by atoms with E-state index in [4.69, 9.17) is 10.00 Å². The monoisotopic (exact) mass is 338 g/mol. The Balaban J connectivity index is 2.46. The lowest BCUT2D eigenvalue weighted by Gasteiger charge is -2.15. The van der Waals surface area contributed by atoms with Crippen LogP contribution in [0.4, 0.5) is 0 Å². The first kappa shape index (κ1) is 17.0. The SMILES string of the molecule is CCNCc1cc(OCCCC(C)(C)C#N)ccc1Br. The van der Waals surface area contributed by atoms with E-state index >= 15 is 0 Å². The molecule has 0 aliphatic rings. The van der Waals surface area contributed by atoms with E-state index in [1.54, 1.807) is 0 Å². The molecule has 0 heterocycles. The van der Waals surface area contributed by atoms with Gasteiger partial charge in [-0.1, -0.05) is 22.9 Å². The van der Waals surface area contributed by atoms with Gasteiger partial charge in [0.15, 0.2) is 0 Å². The summed E-state index contributed by atoms with van der Waals surface area (Å²) in [7, 11) is 0. The summed E-state index contributed by atoms with van der Waals surface area (Å²) in [5.74, 6) is 0.885. The van der Waals surface area contributed by atoms with Gasteiger partial charge in [-0.15, -0.1) is 0 Å². The van der Waals surface area contributed by atoms with Gasteiger partial charge in [-0.05, 0) is 57.0 Å². The molecule has 1 N–H and O–H groups in total. The molecule has 1 aromatic rings. The number of hydrogen-bond acceptors (Lipinski definition) is 3.